The first-order chi connectivity index (χ1) is 13.7. The van der Waals surface area contributed by atoms with Crippen molar-refractivity contribution < 1.29 is 22.7 Å². The minimum atomic E-state index is -3.30. The van der Waals surface area contributed by atoms with Crippen molar-refractivity contribution >= 4 is 27.5 Å². The number of nitrogens with zero attached hydrogens (tertiary/aromatic N) is 1. The molecule has 2 aromatic rings. The lowest BCUT2D eigenvalue weighted by Crippen LogP contribution is -2.48. The Bertz CT molecular complexity index is 927. The van der Waals surface area contributed by atoms with E-state index in [9.17, 15) is 18.0 Å². The molecule has 0 bridgehead atoms. The molecule has 1 N–H and O–H groups in total. The first-order valence-corrected chi connectivity index (χ1v) is 11.2. The van der Waals surface area contributed by atoms with Crippen LogP contribution in [0.5, 0.6) is 0 Å². The molecule has 0 spiro atoms. The molecule has 2 rings (SSSR count). The van der Waals surface area contributed by atoms with E-state index in [-0.39, 0.29) is 18.8 Å². The van der Waals surface area contributed by atoms with Gasteiger partial charge in [-0.2, -0.15) is 0 Å². The second kappa shape index (κ2) is 10.1. The number of aryl methyl sites for hydroxylation is 1. The monoisotopic (exact) mass is 418 g/mol. The van der Waals surface area contributed by atoms with Gasteiger partial charge in [-0.05, 0) is 31.0 Å². The van der Waals surface area contributed by atoms with Crippen LogP contribution in [-0.4, -0.2) is 45.5 Å². The lowest BCUT2D eigenvalue weighted by molar-refractivity contribution is -0.120. The minimum absolute atomic E-state index is 0.0473. The van der Waals surface area contributed by atoms with Gasteiger partial charge in [-0.25, -0.2) is 13.2 Å². The molecule has 2 aromatic carbocycles. The highest BCUT2D eigenvalue weighted by molar-refractivity contribution is 7.90. The molecule has 0 aromatic heterocycles. The van der Waals surface area contributed by atoms with E-state index in [1.54, 1.807) is 19.2 Å². The van der Waals surface area contributed by atoms with Crippen LogP contribution in [0.1, 0.15) is 17.5 Å². The van der Waals surface area contributed by atoms with Gasteiger partial charge in [0.25, 0.3) is 0 Å². The van der Waals surface area contributed by atoms with Crippen molar-refractivity contribution in [2.75, 3.05) is 24.0 Å². The van der Waals surface area contributed by atoms with E-state index in [0.717, 1.165) is 17.4 Å². The van der Waals surface area contributed by atoms with Crippen molar-refractivity contribution in [3.05, 3.63) is 65.7 Å². The predicted octanol–water partition coefficient (Wildman–Crippen LogP) is 2.69. The number of rotatable bonds is 8. The van der Waals surface area contributed by atoms with Crippen molar-refractivity contribution in [2.45, 2.75) is 26.0 Å². The number of benzene rings is 2. The number of carbonyl (C=O) groups is 2. The summed E-state index contributed by atoms with van der Waals surface area (Å²) in [5.41, 5.74) is 2.49. The Kier molecular flexibility index (Phi) is 7.78. The van der Waals surface area contributed by atoms with Gasteiger partial charge in [-0.1, -0.05) is 48.0 Å². The number of hydrogen-bond acceptors (Lipinski definition) is 5. The summed E-state index contributed by atoms with van der Waals surface area (Å²) in [4.78, 5) is 26.5. The van der Waals surface area contributed by atoms with Gasteiger partial charge in [0.05, 0.1) is 5.75 Å². The Hall–Kier alpha value is -2.87. The number of sulfone groups is 1. The number of alkyl carbamates (subject to hydrolysis) is 1. The van der Waals surface area contributed by atoms with E-state index < -0.39 is 27.9 Å². The summed E-state index contributed by atoms with van der Waals surface area (Å²) in [6, 6.07) is 15.4. The van der Waals surface area contributed by atoms with Crippen molar-refractivity contribution in [1.82, 2.24) is 5.32 Å². The van der Waals surface area contributed by atoms with Gasteiger partial charge >= 0.3 is 6.09 Å². The molecule has 0 aliphatic carbocycles. The fourth-order valence-electron chi connectivity index (χ4n) is 2.63. The van der Waals surface area contributed by atoms with Crippen molar-refractivity contribution in [3.63, 3.8) is 0 Å². The molecule has 0 saturated carbocycles. The topological polar surface area (TPSA) is 92.8 Å². The number of anilines is 1. The van der Waals surface area contributed by atoms with Crippen LogP contribution in [0.3, 0.4) is 0 Å². The summed E-state index contributed by atoms with van der Waals surface area (Å²) in [6.45, 7) is 1.98. The molecular weight excluding hydrogens is 392 g/mol. The Morgan fingerprint density at radius 2 is 1.69 bits per heavy atom. The molecule has 0 heterocycles. The number of carbonyl (C=O) groups excluding carboxylic acids is 2. The molecule has 7 nitrogen and oxygen atoms in total. The average molecular weight is 419 g/mol. The third-order valence-corrected chi connectivity index (χ3v) is 5.31. The fourth-order valence-corrected chi connectivity index (χ4v) is 3.29. The van der Waals surface area contributed by atoms with E-state index in [0.29, 0.717) is 5.69 Å². The number of ether oxygens (including phenoxy) is 1. The quantitative estimate of drug-likeness (QED) is 0.712. The second-order valence-electron chi connectivity index (χ2n) is 6.91. The molecule has 0 saturated heterocycles. The zero-order chi connectivity index (χ0) is 21.4. The highest BCUT2D eigenvalue weighted by atomic mass is 32.2. The Morgan fingerprint density at radius 3 is 2.28 bits per heavy atom. The summed E-state index contributed by atoms with van der Waals surface area (Å²) >= 11 is 0. The summed E-state index contributed by atoms with van der Waals surface area (Å²) in [5.74, 6) is -0.654. The van der Waals surface area contributed by atoms with Gasteiger partial charge in [0.2, 0.25) is 5.91 Å². The number of nitrogens with one attached hydrogen (secondary N) is 1. The largest absolute Gasteiger partial charge is 0.445 e. The van der Waals surface area contributed by atoms with Crippen LogP contribution >= 0.6 is 0 Å². The van der Waals surface area contributed by atoms with Crippen molar-refractivity contribution in [3.8, 4) is 0 Å². The van der Waals surface area contributed by atoms with Gasteiger partial charge in [-0.15, -0.1) is 0 Å². The molecule has 0 fully saturated rings. The minimum Gasteiger partial charge on any atom is -0.445 e. The van der Waals surface area contributed by atoms with Crippen LogP contribution < -0.4 is 10.2 Å². The Balaban J connectivity index is 2.07. The molecule has 29 heavy (non-hydrogen) atoms. The van der Waals surface area contributed by atoms with Gasteiger partial charge < -0.3 is 15.0 Å². The molecule has 8 heteroatoms. The number of hydrogen-bond donors (Lipinski definition) is 1. The first kappa shape index (κ1) is 22.4. The fraction of sp³-hybridized carbons (Fsp3) is 0.333. The molecule has 1 atom stereocenters. The smallest absolute Gasteiger partial charge is 0.408 e. The van der Waals surface area contributed by atoms with Crippen LogP contribution in [-0.2, 0) is 26.0 Å². The third-order valence-electron chi connectivity index (χ3n) is 4.33. The van der Waals surface area contributed by atoms with Gasteiger partial charge in [0.1, 0.15) is 22.5 Å². The molecule has 0 radical (unpaired) electrons. The van der Waals surface area contributed by atoms with Crippen LogP contribution in [0.2, 0.25) is 0 Å². The maximum Gasteiger partial charge on any atom is 0.408 e. The van der Waals surface area contributed by atoms with Gasteiger partial charge in [0.15, 0.2) is 0 Å². The number of likely N-dealkylation sites (N-methyl/N-ethyl adjacent to an activating group) is 1. The first-order valence-electron chi connectivity index (χ1n) is 9.15. The van der Waals surface area contributed by atoms with Crippen molar-refractivity contribution in [1.29, 1.82) is 0 Å². The molecule has 2 amide bonds. The van der Waals surface area contributed by atoms with Crippen molar-refractivity contribution in [2.24, 2.45) is 0 Å². The second-order valence-corrected chi connectivity index (χ2v) is 9.17. The zero-order valence-electron chi connectivity index (χ0n) is 16.8. The SMILES string of the molecule is Cc1ccc(N(C)C(=O)C(CCS(C)(=O)=O)NC(=O)OCc2ccccc2)cc1. The van der Waals surface area contributed by atoms with Crippen LogP contribution in [0.15, 0.2) is 54.6 Å². The molecule has 0 aliphatic rings. The van der Waals surface area contributed by atoms with E-state index in [2.05, 4.69) is 5.32 Å². The van der Waals surface area contributed by atoms with E-state index in [1.807, 2.05) is 49.4 Å². The number of amides is 2. The Morgan fingerprint density at radius 1 is 1.07 bits per heavy atom. The summed E-state index contributed by atoms with van der Waals surface area (Å²) in [7, 11) is -1.72. The third kappa shape index (κ3) is 7.57. The maximum absolute atomic E-state index is 12.9. The average Bonchev–Trinajstić information content (AvgIpc) is 2.69. The zero-order valence-corrected chi connectivity index (χ0v) is 17.6. The van der Waals surface area contributed by atoms with Crippen LogP contribution in [0.4, 0.5) is 10.5 Å². The summed E-state index contributed by atoms with van der Waals surface area (Å²) in [6.07, 6.45) is 0.262. The van der Waals surface area contributed by atoms with Gasteiger partial charge in [0, 0.05) is 19.0 Å². The normalized spacial score (nSPS) is 12.1. The van der Waals surface area contributed by atoms with E-state index in [4.69, 9.17) is 4.74 Å². The lowest BCUT2D eigenvalue weighted by atomic mass is 10.1. The highest BCUT2D eigenvalue weighted by Gasteiger charge is 2.26. The molecule has 1 unspecified atom stereocenters. The lowest BCUT2D eigenvalue weighted by Gasteiger charge is -2.24. The van der Waals surface area contributed by atoms with Crippen LogP contribution in [0, 0.1) is 6.92 Å². The molecular formula is C21H26N2O5S. The van der Waals surface area contributed by atoms with Crippen LogP contribution in [0.25, 0.3) is 0 Å². The highest BCUT2D eigenvalue weighted by Crippen LogP contribution is 2.15. The molecule has 0 aliphatic heterocycles. The van der Waals surface area contributed by atoms with Gasteiger partial charge in [-0.3, -0.25) is 4.79 Å². The predicted molar refractivity (Wildman–Crippen MR) is 112 cm³/mol. The summed E-state index contributed by atoms with van der Waals surface area (Å²) in [5, 5.41) is 2.50. The van der Waals surface area contributed by atoms with E-state index >= 15 is 0 Å². The summed E-state index contributed by atoms with van der Waals surface area (Å²) < 4.78 is 28.3. The van der Waals surface area contributed by atoms with E-state index in [1.165, 1.54) is 4.90 Å². The maximum atomic E-state index is 12.9. The Labute approximate surface area is 171 Å². The standard InChI is InChI=1S/C21H26N2O5S/c1-16-9-11-18(12-10-16)23(2)20(24)19(13-14-29(3,26)27)22-21(25)28-15-17-7-5-4-6-8-17/h4-12,19H,13-15H2,1-3H3,(H,22,25). The molecule has 156 valence electrons.